The summed E-state index contributed by atoms with van der Waals surface area (Å²) < 4.78 is 5.27. The molecule has 1 aromatic heterocycles. The highest BCUT2D eigenvalue weighted by Crippen LogP contribution is 2.30. The van der Waals surface area contributed by atoms with Gasteiger partial charge in [-0.05, 0) is 46.4 Å². The average Bonchev–Trinajstić information content (AvgIpc) is 3.51. The first kappa shape index (κ1) is 28.4. The minimum atomic E-state index is -0.921. The Labute approximate surface area is 233 Å². The zero-order valence-electron chi connectivity index (χ0n) is 22.9. The van der Waals surface area contributed by atoms with Crippen LogP contribution in [0.25, 0.3) is 22.5 Å². The Hall–Kier alpha value is -4.66. The second-order valence-electron chi connectivity index (χ2n) is 9.87. The van der Waals surface area contributed by atoms with Crippen LogP contribution in [-0.4, -0.2) is 49.4 Å². The van der Waals surface area contributed by atoms with Gasteiger partial charge in [0.05, 0.1) is 5.56 Å². The number of rotatable bonds is 11. The third-order valence-electron chi connectivity index (χ3n) is 6.61. The van der Waals surface area contributed by atoms with Gasteiger partial charge in [0.1, 0.15) is 6.04 Å². The lowest BCUT2D eigenvalue weighted by Crippen LogP contribution is -2.48. The molecule has 1 atom stereocenters. The van der Waals surface area contributed by atoms with Gasteiger partial charge in [0, 0.05) is 18.5 Å². The third-order valence-corrected chi connectivity index (χ3v) is 6.61. The van der Waals surface area contributed by atoms with Gasteiger partial charge in [-0.15, -0.1) is 10.2 Å². The van der Waals surface area contributed by atoms with Gasteiger partial charge in [-0.2, -0.15) is 5.21 Å². The Morgan fingerprint density at radius 3 is 2.20 bits per heavy atom. The van der Waals surface area contributed by atoms with Crippen molar-refractivity contribution in [1.82, 2.24) is 25.5 Å². The molecule has 0 fully saturated rings. The Morgan fingerprint density at radius 2 is 1.57 bits per heavy atom. The number of carbonyl (C=O) groups is 3. The first-order valence-electron chi connectivity index (χ1n) is 13.4. The number of carbonyl (C=O) groups excluding carboxylic acids is 3. The highest BCUT2D eigenvalue weighted by Gasteiger charge is 2.35. The summed E-state index contributed by atoms with van der Waals surface area (Å²) in [5.74, 6) is -1.41. The van der Waals surface area contributed by atoms with Crippen LogP contribution in [0.3, 0.4) is 0 Å². The molecule has 40 heavy (non-hydrogen) atoms. The zero-order valence-corrected chi connectivity index (χ0v) is 22.9. The van der Waals surface area contributed by atoms with Crippen molar-refractivity contribution < 1.29 is 19.1 Å². The van der Waals surface area contributed by atoms with Crippen LogP contribution in [0, 0.1) is 5.92 Å². The molecule has 0 unspecified atom stereocenters. The fraction of sp³-hybridized carbons (Fsp3) is 0.290. The predicted molar refractivity (Wildman–Crippen MR) is 151 cm³/mol. The molecule has 1 heterocycles. The summed E-state index contributed by atoms with van der Waals surface area (Å²) in [5, 5.41) is 14.4. The molecule has 4 rings (SSSR count). The van der Waals surface area contributed by atoms with Crippen LogP contribution in [0.1, 0.15) is 56.0 Å². The number of ether oxygens (including phenoxy) is 1. The van der Waals surface area contributed by atoms with Crippen LogP contribution in [0.15, 0.2) is 78.9 Å². The van der Waals surface area contributed by atoms with Gasteiger partial charge in [0.25, 0.3) is 0 Å². The lowest BCUT2D eigenvalue weighted by molar-refractivity contribution is -0.153. The second-order valence-corrected chi connectivity index (χ2v) is 9.87. The molecule has 9 nitrogen and oxygen atoms in total. The number of benzene rings is 3. The van der Waals surface area contributed by atoms with E-state index in [0.29, 0.717) is 18.7 Å². The van der Waals surface area contributed by atoms with Crippen molar-refractivity contribution in [3.05, 3.63) is 90.0 Å². The SMILES string of the molecule is CCCCC(=O)N(Cc1ccc(-c2ccccc2-c2nn[nH]n2)cc1)[C@H](C(=O)OC(=O)c1ccccc1)C(C)C. The lowest BCUT2D eigenvalue weighted by Gasteiger charge is -2.33. The number of H-pyrrole nitrogens is 1. The number of amides is 1. The van der Waals surface area contributed by atoms with Crippen molar-refractivity contribution >= 4 is 17.8 Å². The summed E-state index contributed by atoms with van der Waals surface area (Å²) in [6, 6.07) is 23.0. The largest absolute Gasteiger partial charge is 0.388 e. The molecular formula is C31H33N5O4. The molecule has 4 aromatic rings. The molecule has 0 radical (unpaired) electrons. The van der Waals surface area contributed by atoms with E-state index >= 15 is 0 Å². The molecule has 0 aliphatic heterocycles. The maximum absolute atomic E-state index is 13.4. The summed E-state index contributed by atoms with van der Waals surface area (Å²) >= 11 is 0. The van der Waals surface area contributed by atoms with Crippen LogP contribution >= 0.6 is 0 Å². The van der Waals surface area contributed by atoms with Crippen LogP contribution < -0.4 is 0 Å². The number of aromatic nitrogens is 4. The van der Waals surface area contributed by atoms with Crippen LogP contribution in [0.2, 0.25) is 0 Å². The number of unbranched alkanes of at least 4 members (excludes halogenated alkanes) is 1. The van der Waals surface area contributed by atoms with Crippen molar-refractivity contribution in [3.63, 3.8) is 0 Å². The van der Waals surface area contributed by atoms with Crippen molar-refractivity contribution in [2.75, 3.05) is 0 Å². The molecule has 0 aliphatic rings. The molecule has 0 bridgehead atoms. The quantitative estimate of drug-likeness (QED) is 0.199. The fourth-order valence-electron chi connectivity index (χ4n) is 4.55. The van der Waals surface area contributed by atoms with Gasteiger partial charge in [-0.25, -0.2) is 9.59 Å². The van der Waals surface area contributed by atoms with Crippen molar-refractivity contribution in [2.24, 2.45) is 5.92 Å². The Balaban J connectivity index is 1.58. The van der Waals surface area contributed by atoms with Crippen LogP contribution in [-0.2, 0) is 20.9 Å². The minimum absolute atomic E-state index is 0.156. The molecule has 206 valence electrons. The number of tetrazole rings is 1. The number of nitrogens with zero attached hydrogens (tertiary/aromatic N) is 4. The first-order valence-corrected chi connectivity index (χ1v) is 13.4. The molecule has 0 saturated heterocycles. The Kier molecular flexibility index (Phi) is 9.51. The summed E-state index contributed by atoms with van der Waals surface area (Å²) in [5.41, 5.74) is 3.85. The Morgan fingerprint density at radius 1 is 0.900 bits per heavy atom. The molecule has 1 N–H and O–H groups in total. The summed E-state index contributed by atoms with van der Waals surface area (Å²) in [4.78, 5) is 40.9. The fourth-order valence-corrected chi connectivity index (χ4v) is 4.55. The number of esters is 2. The zero-order chi connectivity index (χ0) is 28.5. The van der Waals surface area contributed by atoms with E-state index in [-0.39, 0.29) is 23.9 Å². The normalized spacial score (nSPS) is 11.7. The highest BCUT2D eigenvalue weighted by molar-refractivity contribution is 5.99. The van der Waals surface area contributed by atoms with Gasteiger partial charge >= 0.3 is 11.9 Å². The van der Waals surface area contributed by atoms with Crippen LogP contribution in [0.4, 0.5) is 0 Å². The van der Waals surface area contributed by atoms with E-state index in [9.17, 15) is 14.4 Å². The average molecular weight is 540 g/mol. The maximum atomic E-state index is 13.4. The molecule has 9 heteroatoms. The Bertz CT molecular complexity index is 1420. The van der Waals surface area contributed by atoms with E-state index in [0.717, 1.165) is 28.7 Å². The van der Waals surface area contributed by atoms with E-state index in [1.54, 1.807) is 35.2 Å². The van der Waals surface area contributed by atoms with Gasteiger partial charge in [0.2, 0.25) is 11.7 Å². The van der Waals surface area contributed by atoms with Gasteiger partial charge < -0.3 is 9.64 Å². The number of aromatic amines is 1. The van der Waals surface area contributed by atoms with E-state index in [4.69, 9.17) is 4.74 Å². The van der Waals surface area contributed by atoms with E-state index in [1.165, 1.54) is 0 Å². The second kappa shape index (κ2) is 13.4. The van der Waals surface area contributed by atoms with E-state index in [2.05, 4.69) is 20.6 Å². The molecule has 3 aromatic carbocycles. The minimum Gasteiger partial charge on any atom is -0.388 e. The van der Waals surface area contributed by atoms with Crippen molar-refractivity contribution in [1.29, 1.82) is 0 Å². The summed E-state index contributed by atoms with van der Waals surface area (Å²) in [7, 11) is 0. The van der Waals surface area contributed by atoms with Crippen molar-refractivity contribution in [2.45, 2.75) is 52.6 Å². The smallest absolute Gasteiger partial charge is 0.345 e. The maximum Gasteiger partial charge on any atom is 0.345 e. The van der Waals surface area contributed by atoms with Gasteiger partial charge in [-0.1, -0.05) is 93.9 Å². The molecule has 0 saturated carbocycles. The van der Waals surface area contributed by atoms with E-state index < -0.39 is 18.0 Å². The van der Waals surface area contributed by atoms with Crippen LogP contribution in [0.5, 0.6) is 0 Å². The van der Waals surface area contributed by atoms with Crippen molar-refractivity contribution in [3.8, 4) is 22.5 Å². The third kappa shape index (κ3) is 6.85. The monoisotopic (exact) mass is 539 g/mol. The highest BCUT2D eigenvalue weighted by atomic mass is 16.6. The predicted octanol–water partition coefficient (Wildman–Crippen LogP) is 5.46. The van der Waals surface area contributed by atoms with E-state index in [1.807, 2.05) is 69.3 Å². The molecular weight excluding hydrogens is 506 g/mol. The number of nitrogens with one attached hydrogen (secondary N) is 1. The number of hydrogen-bond acceptors (Lipinski definition) is 7. The number of hydrogen-bond donors (Lipinski definition) is 1. The summed E-state index contributed by atoms with van der Waals surface area (Å²) in [6.07, 6.45) is 1.84. The molecule has 0 spiro atoms. The van der Waals surface area contributed by atoms with Gasteiger partial charge in [0.15, 0.2) is 0 Å². The molecule has 0 aliphatic carbocycles. The lowest BCUT2D eigenvalue weighted by atomic mass is 9.97. The first-order chi connectivity index (χ1) is 19.4. The topological polar surface area (TPSA) is 118 Å². The van der Waals surface area contributed by atoms with Gasteiger partial charge in [-0.3, -0.25) is 4.79 Å². The molecule has 1 amide bonds. The standard InChI is InChI=1S/C31H33N5O4/c1-4-5-15-27(37)36(28(21(2)3)31(39)40-30(38)24-11-7-6-8-12-24)20-22-16-18-23(19-17-22)25-13-9-10-14-26(25)29-32-34-35-33-29/h6-14,16-19,21,28H,4-5,15,20H2,1-3H3,(H,32,33,34,35)/t28-/m0/s1. The summed E-state index contributed by atoms with van der Waals surface area (Å²) in [6.45, 7) is 5.90.